The summed E-state index contributed by atoms with van der Waals surface area (Å²) >= 11 is 0. The first-order chi connectivity index (χ1) is 45.7. The van der Waals surface area contributed by atoms with E-state index in [1.807, 2.05) is 27.0 Å². The monoisotopic (exact) mass is 1180 g/mol. The van der Waals surface area contributed by atoms with Gasteiger partial charge in [0.15, 0.2) is 0 Å². The molecule has 14 aromatic carbocycles. The van der Waals surface area contributed by atoms with Crippen LogP contribution in [0.25, 0.3) is 176 Å². The van der Waals surface area contributed by atoms with E-state index in [1.165, 1.54) is 22.3 Å². The van der Waals surface area contributed by atoms with Gasteiger partial charge < -0.3 is 0 Å². The summed E-state index contributed by atoms with van der Waals surface area (Å²) in [6.45, 7) is 4.61. The van der Waals surface area contributed by atoms with Gasteiger partial charge in [0.25, 0.3) is 11.1 Å². The summed E-state index contributed by atoms with van der Waals surface area (Å²) in [5.74, 6) is 0. The minimum Gasteiger partial charge on any atom is -0.275 e. The van der Waals surface area contributed by atoms with Crippen LogP contribution in [0.1, 0.15) is 25.0 Å². The Balaban J connectivity index is 0.762. The van der Waals surface area contributed by atoms with Crippen molar-refractivity contribution in [3.63, 3.8) is 0 Å². The lowest BCUT2D eigenvalue weighted by atomic mass is 9.82. The lowest BCUT2D eigenvalue weighted by Crippen LogP contribution is -2.16. The van der Waals surface area contributed by atoms with Gasteiger partial charge in [0.2, 0.25) is 0 Å². The number of hydrogen-bond donors (Lipinski definition) is 0. The summed E-state index contributed by atoms with van der Waals surface area (Å²) < 4.78 is 3.96. The fourth-order valence-corrected chi connectivity index (χ4v) is 15.7. The van der Waals surface area contributed by atoms with Gasteiger partial charge >= 0.3 is 0 Å². The zero-order valence-corrected chi connectivity index (χ0v) is 51.1. The van der Waals surface area contributed by atoms with E-state index in [4.69, 9.17) is 0 Å². The van der Waals surface area contributed by atoms with Crippen LogP contribution in [0.15, 0.2) is 313 Å². The molecular formula is C89H56N2O2. The van der Waals surface area contributed by atoms with E-state index < -0.39 is 0 Å². The van der Waals surface area contributed by atoms with Gasteiger partial charge in [-0.1, -0.05) is 220 Å². The Morgan fingerprint density at radius 1 is 0.215 bits per heavy atom. The number of fused-ring (bicyclic) bond motifs is 13. The van der Waals surface area contributed by atoms with E-state index in [0.717, 1.165) is 154 Å². The van der Waals surface area contributed by atoms with E-state index in [-0.39, 0.29) is 16.5 Å². The summed E-state index contributed by atoms with van der Waals surface area (Å²) in [5.41, 5.74) is 26.0. The maximum absolute atomic E-state index is 15.5. The van der Waals surface area contributed by atoms with Crippen LogP contribution >= 0.6 is 0 Å². The molecule has 4 heteroatoms. The van der Waals surface area contributed by atoms with Crippen molar-refractivity contribution in [3.05, 3.63) is 335 Å². The van der Waals surface area contributed by atoms with Crippen LogP contribution < -0.4 is 11.1 Å². The largest absolute Gasteiger partial charge is 0.275 e. The van der Waals surface area contributed by atoms with Gasteiger partial charge in [-0.05, 0) is 219 Å². The second-order valence-corrected chi connectivity index (χ2v) is 25.9. The van der Waals surface area contributed by atoms with Gasteiger partial charge in [-0.2, -0.15) is 0 Å². The standard InChI is InChI=1S/C89H56N2O2/c1-89(2)81-30-18-17-28-71(81)73-51-75-79-48-67(56-25-13-6-14-26-56)47-77-70-37-35-59(46-80(70)88(93)91(86(77)79)84(75)52-82(73)89)57-31-33-58(34-32-57)64-40-63(55-23-11-5-12-24-55)43-66(44-64)68-49-76-69-27-15-16-29-72(69)87(92)90-83-38-36-60(45-74(83)78(50-68)85(76)90)65-41-61(53-19-7-3-8-20-53)39-62(42-65)54-21-9-4-10-22-54/h3-52H,1-2H3. The molecule has 0 aliphatic heterocycles. The van der Waals surface area contributed by atoms with Gasteiger partial charge in [-0.3, -0.25) is 18.4 Å². The Bertz CT molecular complexity index is 6210. The zero-order chi connectivity index (χ0) is 61.8. The highest BCUT2D eigenvalue weighted by Gasteiger charge is 2.36. The number of rotatable bonds is 8. The topological polar surface area (TPSA) is 43.0 Å². The summed E-state index contributed by atoms with van der Waals surface area (Å²) in [4.78, 5) is 30.4. The van der Waals surface area contributed by atoms with E-state index in [0.29, 0.717) is 10.8 Å². The molecule has 434 valence electrons. The lowest BCUT2D eigenvalue weighted by Gasteiger charge is -2.21. The van der Waals surface area contributed by atoms with E-state index in [2.05, 4.69) is 299 Å². The van der Waals surface area contributed by atoms with Crippen molar-refractivity contribution in [1.29, 1.82) is 0 Å². The van der Waals surface area contributed by atoms with Gasteiger partial charge in [-0.25, -0.2) is 0 Å². The van der Waals surface area contributed by atoms with Gasteiger partial charge in [0, 0.05) is 48.5 Å². The maximum atomic E-state index is 15.5. The van der Waals surface area contributed by atoms with Crippen LogP contribution in [0.2, 0.25) is 0 Å². The molecule has 0 spiro atoms. The Hall–Kier alpha value is -12.0. The Kier molecular flexibility index (Phi) is 11.4. The number of aromatic nitrogens is 2. The third kappa shape index (κ3) is 8.05. The third-order valence-corrected chi connectivity index (χ3v) is 20.3. The van der Waals surface area contributed by atoms with Crippen LogP contribution in [-0.4, -0.2) is 8.80 Å². The van der Waals surface area contributed by atoms with Crippen molar-refractivity contribution in [2.45, 2.75) is 19.3 Å². The molecule has 0 atom stereocenters. The van der Waals surface area contributed by atoms with Crippen molar-refractivity contribution >= 4 is 75.9 Å². The molecule has 93 heavy (non-hydrogen) atoms. The number of pyridine rings is 2. The number of benzene rings is 14. The van der Waals surface area contributed by atoms with Crippen molar-refractivity contribution in [2.24, 2.45) is 0 Å². The Labute approximate surface area is 536 Å². The third-order valence-electron chi connectivity index (χ3n) is 20.3. The Morgan fingerprint density at radius 2 is 0.548 bits per heavy atom. The van der Waals surface area contributed by atoms with E-state index >= 15 is 4.79 Å². The normalized spacial score (nSPS) is 12.8. The molecule has 0 fully saturated rings. The molecule has 0 radical (unpaired) electrons. The number of hydrogen-bond acceptors (Lipinski definition) is 2. The lowest BCUT2D eigenvalue weighted by molar-refractivity contribution is 0.661. The molecule has 4 nitrogen and oxygen atoms in total. The van der Waals surface area contributed by atoms with Crippen molar-refractivity contribution in [3.8, 4) is 100 Å². The van der Waals surface area contributed by atoms with Crippen molar-refractivity contribution in [2.75, 3.05) is 0 Å². The highest BCUT2D eigenvalue weighted by atomic mass is 16.1. The van der Waals surface area contributed by atoms with Crippen LogP contribution in [0.3, 0.4) is 0 Å². The molecule has 1 aliphatic rings. The second kappa shape index (κ2) is 20.0. The Morgan fingerprint density at radius 3 is 1.10 bits per heavy atom. The minimum absolute atomic E-state index is 0.0135. The van der Waals surface area contributed by atoms with Crippen LogP contribution in [0.4, 0.5) is 0 Å². The molecule has 19 rings (SSSR count). The molecule has 18 aromatic rings. The van der Waals surface area contributed by atoms with Gasteiger partial charge in [0.1, 0.15) is 0 Å². The van der Waals surface area contributed by atoms with Gasteiger partial charge in [-0.15, -0.1) is 0 Å². The predicted octanol–water partition coefficient (Wildman–Crippen LogP) is 22.3. The summed E-state index contributed by atoms with van der Waals surface area (Å²) in [6.07, 6.45) is 0. The molecule has 0 saturated carbocycles. The minimum atomic E-state index is -0.228. The van der Waals surface area contributed by atoms with Crippen LogP contribution in [-0.2, 0) is 5.41 Å². The molecule has 0 N–H and O–H groups in total. The summed E-state index contributed by atoms with van der Waals surface area (Å²) in [5, 5.41) is 9.56. The highest BCUT2D eigenvalue weighted by molar-refractivity contribution is 6.24. The first-order valence-corrected chi connectivity index (χ1v) is 32.0. The molecule has 4 aromatic heterocycles. The summed E-state index contributed by atoms with van der Waals surface area (Å²) in [7, 11) is 0. The van der Waals surface area contributed by atoms with Crippen LogP contribution in [0, 0.1) is 0 Å². The molecule has 1 aliphatic carbocycles. The average Bonchev–Trinajstić information content (AvgIpc) is 1.56. The average molecular weight is 1190 g/mol. The molecule has 0 bridgehead atoms. The van der Waals surface area contributed by atoms with Crippen molar-refractivity contribution in [1.82, 2.24) is 8.80 Å². The quantitative estimate of drug-likeness (QED) is 0.142. The SMILES string of the molecule is CC1(C)c2ccccc2-c2cc3c4cc(-c5ccccc5)cc5c6ccc(-c7ccc(-c8cc(-c9ccccc9)cc(-c9cc%10c%11ccccc%11c(=O)n%11c%12ccc(-c%13cc(-c%14ccccc%14)cc(-c%14ccccc%14)c%13)cc%12c(c9)c%10%11)c8)cc7)cc6c(=O)n(c3cc21)c54. The fourth-order valence-electron chi connectivity index (χ4n) is 15.7. The van der Waals surface area contributed by atoms with Gasteiger partial charge in [0.05, 0.1) is 22.1 Å². The smallest absolute Gasteiger partial charge is 0.263 e. The molecule has 0 unspecified atom stereocenters. The van der Waals surface area contributed by atoms with Crippen LogP contribution in [0.5, 0.6) is 0 Å². The molecular weight excluding hydrogens is 1130 g/mol. The fraction of sp³-hybridized carbons (Fsp3) is 0.0337. The molecule has 0 saturated heterocycles. The first-order valence-electron chi connectivity index (χ1n) is 32.0. The zero-order valence-electron chi connectivity index (χ0n) is 51.1. The predicted molar refractivity (Wildman–Crippen MR) is 389 cm³/mol. The summed E-state index contributed by atoms with van der Waals surface area (Å²) in [6, 6.07) is 109. The first kappa shape index (κ1) is 52.9. The van der Waals surface area contributed by atoms with E-state index in [1.54, 1.807) is 0 Å². The van der Waals surface area contributed by atoms with Crippen molar-refractivity contribution < 1.29 is 0 Å². The highest BCUT2D eigenvalue weighted by Crippen LogP contribution is 2.52. The molecule has 0 amide bonds. The number of nitrogens with zero attached hydrogens (tertiary/aromatic N) is 2. The van der Waals surface area contributed by atoms with E-state index in [9.17, 15) is 4.79 Å². The molecule has 4 heterocycles. The maximum Gasteiger partial charge on any atom is 0.263 e. The second-order valence-electron chi connectivity index (χ2n) is 25.9.